The topological polar surface area (TPSA) is 21.7 Å². The van der Waals surface area contributed by atoms with Crippen LogP contribution in [-0.4, -0.2) is 13.5 Å². The van der Waals surface area contributed by atoms with E-state index in [9.17, 15) is 13.2 Å². The summed E-state index contributed by atoms with van der Waals surface area (Å²) in [6, 6.07) is 13.2. The highest BCUT2D eigenvalue weighted by atomic mass is 19.4. The third-order valence-electron chi connectivity index (χ3n) is 3.80. The van der Waals surface area contributed by atoms with Crippen LogP contribution in [0, 0.1) is 0 Å². The Morgan fingerprint density at radius 3 is 2.08 bits per heavy atom. The van der Waals surface area contributed by atoms with Gasteiger partial charge in [0.1, 0.15) is 11.5 Å². The molecule has 0 atom stereocenters. The zero-order valence-corrected chi connectivity index (χ0v) is 14.0. The van der Waals surface area contributed by atoms with Gasteiger partial charge in [-0.15, -0.1) is 13.2 Å². The Labute approximate surface area is 149 Å². The summed E-state index contributed by atoms with van der Waals surface area (Å²) >= 11 is 0. The van der Waals surface area contributed by atoms with E-state index in [1.165, 1.54) is 12.1 Å². The zero-order chi connectivity index (χ0) is 18.7. The summed E-state index contributed by atoms with van der Waals surface area (Å²) < 4.78 is 45.9. The molecule has 2 aromatic carbocycles. The predicted molar refractivity (Wildman–Crippen MR) is 94.9 cm³/mol. The molecule has 0 bridgehead atoms. The van der Waals surface area contributed by atoms with Gasteiger partial charge < -0.3 is 14.4 Å². The second-order valence-corrected chi connectivity index (χ2v) is 5.55. The minimum Gasteiger partial charge on any atom is -0.497 e. The number of hydrogen-bond donors (Lipinski definition) is 0. The highest BCUT2D eigenvalue weighted by Crippen LogP contribution is 2.31. The summed E-state index contributed by atoms with van der Waals surface area (Å²) in [5.74, 6) is 0.495. The van der Waals surface area contributed by atoms with Crippen LogP contribution in [0.4, 0.5) is 18.9 Å². The van der Waals surface area contributed by atoms with Crippen molar-refractivity contribution < 1.29 is 22.6 Å². The summed E-state index contributed by atoms with van der Waals surface area (Å²) in [5.41, 5.74) is 3.30. The van der Waals surface area contributed by atoms with E-state index in [1.807, 2.05) is 42.6 Å². The van der Waals surface area contributed by atoms with Crippen LogP contribution in [0.5, 0.6) is 11.5 Å². The van der Waals surface area contributed by atoms with E-state index in [4.69, 9.17) is 4.74 Å². The van der Waals surface area contributed by atoms with Crippen molar-refractivity contribution in [3.8, 4) is 11.5 Å². The molecule has 0 aliphatic carbocycles. The molecule has 1 aliphatic heterocycles. The molecule has 3 nitrogen and oxygen atoms in total. The Balaban J connectivity index is 1.85. The van der Waals surface area contributed by atoms with Gasteiger partial charge in [-0.2, -0.15) is 0 Å². The molecule has 0 saturated heterocycles. The molecule has 6 heteroatoms. The first-order chi connectivity index (χ1) is 12.4. The van der Waals surface area contributed by atoms with Crippen molar-refractivity contribution in [1.82, 2.24) is 0 Å². The fourth-order valence-electron chi connectivity index (χ4n) is 2.53. The number of anilines is 1. The first-order valence-corrected chi connectivity index (χ1v) is 7.74. The maximum Gasteiger partial charge on any atom is 0.573 e. The number of hydrogen-bond acceptors (Lipinski definition) is 3. The summed E-state index contributed by atoms with van der Waals surface area (Å²) in [6.07, 6.45) is 0.950. The van der Waals surface area contributed by atoms with E-state index < -0.39 is 6.36 Å². The van der Waals surface area contributed by atoms with Crippen molar-refractivity contribution in [2.75, 3.05) is 12.0 Å². The summed E-state index contributed by atoms with van der Waals surface area (Å²) in [5, 5.41) is 0. The molecule has 2 aromatic rings. The van der Waals surface area contributed by atoms with Crippen molar-refractivity contribution in [2.24, 2.45) is 0 Å². The number of allylic oxidation sites excluding steroid dienone is 3. The van der Waals surface area contributed by atoms with Crippen molar-refractivity contribution in [3.05, 3.63) is 84.7 Å². The molecule has 0 unspecified atom stereocenters. The molecule has 0 N–H and O–H groups in total. The zero-order valence-electron chi connectivity index (χ0n) is 14.0. The van der Waals surface area contributed by atoms with E-state index in [0.717, 1.165) is 16.9 Å². The lowest BCUT2D eigenvalue weighted by molar-refractivity contribution is -0.274. The predicted octanol–water partition coefficient (Wildman–Crippen LogP) is 5.52. The molecule has 0 aromatic heterocycles. The largest absolute Gasteiger partial charge is 0.573 e. The molecule has 1 heterocycles. The quantitative estimate of drug-likeness (QED) is 0.717. The monoisotopic (exact) mass is 359 g/mol. The SMILES string of the molecule is C=C1C=CC(c2ccc(OC)cc2)=CN1c1ccc(OC(F)(F)F)cc1. The summed E-state index contributed by atoms with van der Waals surface area (Å²) in [6.45, 7) is 3.97. The summed E-state index contributed by atoms with van der Waals surface area (Å²) in [7, 11) is 1.60. The minimum atomic E-state index is -4.71. The lowest BCUT2D eigenvalue weighted by Gasteiger charge is -2.25. The van der Waals surface area contributed by atoms with E-state index in [0.29, 0.717) is 11.4 Å². The smallest absolute Gasteiger partial charge is 0.497 e. The maximum absolute atomic E-state index is 12.3. The number of rotatable bonds is 4. The number of methoxy groups -OCH3 is 1. The van der Waals surface area contributed by atoms with Gasteiger partial charge in [0.05, 0.1) is 7.11 Å². The van der Waals surface area contributed by atoms with Gasteiger partial charge in [0, 0.05) is 17.6 Å². The molecule has 0 spiro atoms. The molecule has 0 amide bonds. The minimum absolute atomic E-state index is 0.265. The highest BCUT2D eigenvalue weighted by Gasteiger charge is 2.31. The molecular formula is C20H16F3NO2. The van der Waals surface area contributed by atoms with Crippen LogP contribution < -0.4 is 14.4 Å². The fraction of sp³-hybridized carbons (Fsp3) is 0.100. The highest BCUT2D eigenvalue weighted by molar-refractivity contribution is 5.81. The number of ether oxygens (including phenoxy) is 2. The Morgan fingerprint density at radius 1 is 0.885 bits per heavy atom. The van der Waals surface area contributed by atoms with E-state index in [-0.39, 0.29) is 5.75 Å². The Morgan fingerprint density at radius 2 is 1.50 bits per heavy atom. The average molecular weight is 359 g/mol. The van der Waals surface area contributed by atoms with Crippen LogP contribution in [-0.2, 0) is 0 Å². The molecule has 3 rings (SSSR count). The van der Waals surface area contributed by atoms with Gasteiger partial charge >= 0.3 is 6.36 Å². The van der Waals surface area contributed by atoms with Crippen LogP contribution >= 0.6 is 0 Å². The lowest BCUT2D eigenvalue weighted by Crippen LogP contribution is -2.18. The molecule has 134 valence electrons. The number of nitrogens with zero attached hydrogens (tertiary/aromatic N) is 1. The number of benzene rings is 2. The average Bonchev–Trinajstić information content (AvgIpc) is 2.62. The first kappa shape index (κ1) is 17.7. The Kier molecular flexibility index (Phi) is 4.75. The second kappa shape index (κ2) is 7.00. The van der Waals surface area contributed by atoms with Crippen molar-refractivity contribution >= 4 is 11.3 Å². The molecule has 26 heavy (non-hydrogen) atoms. The van der Waals surface area contributed by atoms with Crippen molar-refractivity contribution in [1.29, 1.82) is 0 Å². The van der Waals surface area contributed by atoms with Gasteiger partial charge in [-0.3, -0.25) is 0 Å². The van der Waals surface area contributed by atoms with Crippen LogP contribution in [0.25, 0.3) is 5.57 Å². The molecular weight excluding hydrogens is 343 g/mol. The van der Waals surface area contributed by atoms with Gasteiger partial charge in [0.2, 0.25) is 0 Å². The normalized spacial score (nSPS) is 14.2. The fourth-order valence-corrected chi connectivity index (χ4v) is 2.53. The maximum atomic E-state index is 12.3. The van der Waals surface area contributed by atoms with Crippen molar-refractivity contribution in [2.45, 2.75) is 6.36 Å². The molecule has 1 aliphatic rings. The third kappa shape index (κ3) is 4.08. The van der Waals surface area contributed by atoms with Crippen LogP contribution in [0.15, 0.2) is 79.2 Å². The Hall–Kier alpha value is -3.15. The van der Waals surface area contributed by atoms with Crippen LogP contribution in [0.3, 0.4) is 0 Å². The van der Waals surface area contributed by atoms with E-state index in [2.05, 4.69) is 11.3 Å². The van der Waals surface area contributed by atoms with E-state index >= 15 is 0 Å². The Bertz CT molecular complexity index is 850. The first-order valence-electron chi connectivity index (χ1n) is 7.74. The van der Waals surface area contributed by atoms with Gasteiger partial charge in [0.25, 0.3) is 0 Å². The lowest BCUT2D eigenvalue weighted by atomic mass is 10.0. The second-order valence-electron chi connectivity index (χ2n) is 5.55. The van der Waals surface area contributed by atoms with Gasteiger partial charge in [-0.25, -0.2) is 0 Å². The third-order valence-corrected chi connectivity index (χ3v) is 3.80. The summed E-state index contributed by atoms with van der Waals surface area (Å²) in [4.78, 5) is 1.80. The van der Waals surface area contributed by atoms with Gasteiger partial charge in [-0.1, -0.05) is 24.8 Å². The van der Waals surface area contributed by atoms with Crippen LogP contribution in [0.1, 0.15) is 5.56 Å². The molecule has 0 radical (unpaired) electrons. The van der Waals surface area contributed by atoms with Crippen molar-refractivity contribution in [3.63, 3.8) is 0 Å². The van der Waals surface area contributed by atoms with Gasteiger partial charge in [0.15, 0.2) is 0 Å². The van der Waals surface area contributed by atoms with Crippen LogP contribution in [0.2, 0.25) is 0 Å². The van der Waals surface area contributed by atoms with Gasteiger partial charge in [-0.05, 0) is 53.6 Å². The standard InChI is InChI=1S/C20H16F3NO2/c1-14-3-4-16(15-5-9-18(25-2)10-6-15)13-24(14)17-7-11-19(12-8-17)26-20(21,22)23/h3-13H,1H2,2H3. The molecule has 0 saturated carbocycles. The number of halogens is 3. The molecule has 0 fully saturated rings. The van der Waals surface area contributed by atoms with E-state index in [1.54, 1.807) is 24.1 Å². The number of alkyl halides is 3.